The van der Waals surface area contributed by atoms with Crippen molar-refractivity contribution in [2.24, 2.45) is 11.8 Å². The van der Waals surface area contributed by atoms with Gasteiger partial charge < -0.3 is 10.2 Å². The maximum atomic E-state index is 12.2. The molecule has 1 N–H and O–H groups in total. The second kappa shape index (κ2) is 7.20. The van der Waals surface area contributed by atoms with Crippen molar-refractivity contribution in [3.8, 4) is 0 Å². The number of amides is 2. The average molecular weight is 362 g/mol. The molecule has 2 amide bonds. The number of hydrogen-bond acceptors (Lipinski definition) is 3. The predicted molar refractivity (Wildman–Crippen MR) is 96.7 cm³/mol. The number of rotatable bonds is 4. The van der Waals surface area contributed by atoms with E-state index < -0.39 is 0 Å². The van der Waals surface area contributed by atoms with Gasteiger partial charge in [-0.25, -0.2) is 14.3 Å². The van der Waals surface area contributed by atoms with Gasteiger partial charge in [0.1, 0.15) is 5.02 Å². The summed E-state index contributed by atoms with van der Waals surface area (Å²) in [7, 11) is 0. The van der Waals surface area contributed by atoms with Crippen molar-refractivity contribution in [1.82, 2.24) is 24.8 Å². The van der Waals surface area contributed by atoms with Gasteiger partial charge in [0.2, 0.25) is 0 Å². The number of carbonyl (C=O) groups excluding carboxylic acids is 1. The van der Waals surface area contributed by atoms with Crippen LogP contribution >= 0.6 is 11.6 Å². The third-order valence-corrected chi connectivity index (χ3v) is 5.84. The highest BCUT2D eigenvalue weighted by Crippen LogP contribution is 2.34. The minimum Gasteiger partial charge on any atom is -0.338 e. The van der Waals surface area contributed by atoms with Crippen molar-refractivity contribution < 1.29 is 4.79 Å². The molecule has 1 saturated heterocycles. The molecule has 7 heteroatoms. The van der Waals surface area contributed by atoms with Gasteiger partial charge >= 0.3 is 6.03 Å². The van der Waals surface area contributed by atoms with E-state index in [-0.39, 0.29) is 6.03 Å². The Hall–Kier alpha value is -1.82. The van der Waals surface area contributed by atoms with Crippen LogP contribution in [0.5, 0.6) is 0 Å². The lowest BCUT2D eigenvalue weighted by Gasteiger charge is -2.44. The number of carbonyl (C=O) groups is 1. The van der Waals surface area contributed by atoms with E-state index in [4.69, 9.17) is 11.6 Å². The molecule has 0 bridgehead atoms. The fourth-order valence-corrected chi connectivity index (χ4v) is 4.20. The highest BCUT2D eigenvalue weighted by atomic mass is 35.5. The van der Waals surface area contributed by atoms with Crippen molar-refractivity contribution in [3.63, 3.8) is 0 Å². The van der Waals surface area contributed by atoms with Gasteiger partial charge in [0.05, 0.1) is 6.20 Å². The molecular weight excluding hydrogens is 338 g/mol. The summed E-state index contributed by atoms with van der Waals surface area (Å²) in [6, 6.07) is 0.0585. The number of urea groups is 1. The highest BCUT2D eigenvalue weighted by Gasteiger charge is 2.36. The zero-order valence-electron chi connectivity index (χ0n) is 14.3. The number of halogens is 1. The lowest BCUT2D eigenvalue weighted by molar-refractivity contribution is 0.0685. The summed E-state index contributed by atoms with van der Waals surface area (Å²) in [5, 5.41) is 7.71. The summed E-state index contributed by atoms with van der Waals surface area (Å²) in [6.07, 6.45) is 12.8. The summed E-state index contributed by atoms with van der Waals surface area (Å²) < 4.78 is 1.67. The Morgan fingerprint density at radius 3 is 2.80 bits per heavy atom. The summed E-state index contributed by atoms with van der Waals surface area (Å²) in [4.78, 5) is 18.5. The largest absolute Gasteiger partial charge is 0.338 e. The minimum atomic E-state index is 0.0585. The SMILES string of the molecule is O=C(NCCc1cnc2c(Cl)cnn2c1)N1CC(C2CCCCC2)C1. The number of likely N-dealkylation sites (tertiary alicyclic amines) is 1. The Balaban J connectivity index is 1.21. The zero-order valence-corrected chi connectivity index (χ0v) is 15.1. The van der Waals surface area contributed by atoms with Crippen LogP contribution in [0.15, 0.2) is 18.6 Å². The van der Waals surface area contributed by atoms with E-state index in [2.05, 4.69) is 15.4 Å². The Kier molecular flexibility index (Phi) is 4.79. The van der Waals surface area contributed by atoms with Crippen LogP contribution in [0.25, 0.3) is 5.65 Å². The van der Waals surface area contributed by atoms with Crippen LogP contribution in [0.4, 0.5) is 4.79 Å². The molecule has 0 aromatic carbocycles. The first kappa shape index (κ1) is 16.6. The van der Waals surface area contributed by atoms with Crippen LogP contribution in [0.1, 0.15) is 37.7 Å². The summed E-state index contributed by atoms with van der Waals surface area (Å²) in [5.41, 5.74) is 1.68. The highest BCUT2D eigenvalue weighted by molar-refractivity contribution is 6.33. The second-order valence-electron chi connectivity index (χ2n) is 7.27. The van der Waals surface area contributed by atoms with Gasteiger partial charge in [0.25, 0.3) is 0 Å². The molecule has 134 valence electrons. The first-order valence-electron chi connectivity index (χ1n) is 9.21. The first-order chi connectivity index (χ1) is 12.2. The summed E-state index contributed by atoms with van der Waals surface area (Å²) in [6.45, 7) is 2.46. The first-order valence-corrected chi connectivity index (χ1v) is 9.59. The number of hydrogen-bond donors (Lipinski definition) is 1. The van der Waals surface area contributed by atoms with E-state index in [1.54, 1.807) is 16.9 Å². The van der Waals surface area contributed by atoms with Crippen molar-refractivity contribution >= 4 is 23.3 Å². The molecule has 3 heterocycles. The van der Waals surface area contributed by atoms with Crippen LogP contribution in [-0.2, 0) is 6.42 Å². The molecule has 2 aromatic rings. The molecule has 2 fully saturated rings. The molecule has 25 heavy (non-hydrogen) atoms. The topological polar surface area (TPSA) is 62.5 Å². The van der Waals surface area contributed by atoms with Crippen molar-refractivity contribution in [3.05, 3.63) is 29.2 Å². The van der Waals surface area contributed by atoms with Crippen LogP contribution < -0.4 is 5.32 Å². The number of aromatic nitrogens is 3. The third kappa shape index (κ3) is 3.59. The van der Waals surface area contributed by atoms with E-state index in [1.165, 1.54) is 32.1 Å². The fourth-order valence-electron chi connectivity index (χ4n) is 4.02. The van der Waals surface area contributed by atoms with E-state index >= 15 is 0 Å². The molecule has 0 unspecified atom stereocenters. The van der Waals surface area contributed by atoms with E-state index in [1.807, 2.05) is 11.1 Å². The Morgan fingerprint density at radius 2 is 2.00 bits per heavy atom. The normalized spacial score (nSPS) is 19.2. The minimum absolute atomic E-state index is 0.0585. The Labute approximate surface area is 152 Å². The molecule has 2 aliphatic rings. The molecule has 1 saturated carbocycles. The van der Waals surface area contributed by atoms with Gasteiger partial charge in [-0.2, -0.15) is 5.10 Å². The van der Waals surface area contributed by atoms with Gasteiger partial charge in [-0.3, -0.25) is 0 Å². The fraction of sp³-hybridized carbons (Fsp3) is 0.611. The smallest absolute Gasteiger partial charge is 0.317 e. The Morgan fingerprint density at radius 1 is 1.20 bits per heavy atom. The van der Waals surface area contributed by atoms with Crippen molar-refractivity contribution in [1.29, 1.82) is 0 Å². The molecule has 4 rings (SSSR count). The molecule has 0 radical (unpaired) electrons. The monoisotopic (exact) mass is 361 g/mol. The van der Waals surface area contributed by atoms with Crippen LogP contribution in [-0.4, -0.2) is 45.2 Å². The van der Waals surface area contributed by atoms with Crippen molar-refractivity contribution in [2.45, 2.75) is 38.5 Å². The van der Waals surface area contributed by atoms with E-state index in [0.29, 0.717) is 17.2 Å². The predicted octanol–water partition coefficient (Wildman–Crippen LogP) is 3.15. The van der Waals surface area contributed by atoms with Gasteiger partial charge in [-0.05, 0) is 23.8 Å². The molecule has 1 aliphatic heterocycles. The Bertz CT molecular complexity index is 749. The van der Waals surface area contributed by atoms with Gasteiger partial charge in [0.15, 0.2) is 5.65 Å². The van der Waals surface area contributed by atoms with Gasteiger partial charge in [-0.1, -0.05) is 43.7 Å². The summed E-state index contributed by atoms with van der Waals surface area (Å²) >= 11 is 5.99. The molecule has 1 aliphatic carbocycles. The van der Waals surface area contributed by atoms with Crippen LogP contribution in [0.3, 0.4) is 0 Å². The van der Waals surface area contributed by atoms with Crippen molar-refractivity contribution in [2.75, 3.05) is 19.6 Å². The molecular formula is C18H24ClN5O. The molecule has 2 aromatic heterocycles. The summed E-state index contributed by atoms with van der Waals surface area (Å²) in [5.74, 6) is 1.57. The van der Waals surface area contributed by atoms with E-state index in [9.17, 15) is 4.79 Å². The third-order valence-electron chi connectivity index (χ3n) is 5.57. The molecule has 6 nitrogen and oxygen atoms in total. The lowest BCUT2D eigenvalue weighted by Crippen LogP contribution is -2.56. The van der Waals surface area contributed by atoms with Gasteiger partial charge in [-0.15, -0.1) is 0 Å². The maximum Gasteiger partial charge on any atom is 0.317 e. The molecule has 0 spiro atoms. The molecule has 0 atom stereocenters. The standard InChI is InChI=1S/C18H24ClN5O/c19-16-9-22-24-10-13(8-21-17(16)24)6-7-20-18(25)23-11-15(12-23)14-4-2-1-3-5-14/h8-10,14-15H,1-7,11-12H2,(H,20,25). The number of fused-ring (bicyclic) bond motifs is 1. The number of nitrogens with one attached hydrogen (secondary N) is 1. The zero-order chi connectivity index (χ0) is 17.2. The maximum absolute atomic E-state index is 12.2. The van der Waals surface area contributed by atoms with Gasteiger partial charge in [0, 0.05) is 32.0 Å². The van der Waals surface area contributed by atoms with Crippen LogP contribution in [0.2, 0.25) is 5.02 Å². The lowest BCUT2D eigenvalue weighted by atomic mass is 9.76. The quantitative estimate of drug-likeness (QED) is 0.909. The average Bonchev–Trinajstić information content (AvgIpc) is 2.95. The number of nitrogens with zero attached hydrogens (tertiary/aromatic N) is 4. The van der Waals surface area contributed by atoms with Crippen LogP contribution in [0, 0.1) is 11.8 Å². The van der Waals surface area contributed by atoms with E-state index in [0.717, 1.165) is 36.9 Å². The second-order valence-corrected chi connectivity index (χ2v) is 7.68.